The van der Waals surface area contributed by atoms with E-state index in [1.165, 1.54) is 28.0 Å². The van der Waals surface area contributed by atoms with Crippen molar-refractivity contribution in [1.82, 2.24) is 4.57 Å². The standard InChI is InChI=1S/C23H19FN2O3S/c1-3-29-22(28)19-14(2)25-23-26(20(19)15-9-5-4-6-10-15)21(27)18(30-23)13-16-11-7-8-12-17(16)24/h4-13,20H,3H2,1-2H3/b18-13-. The number of hydrogen-bond acceptors (Lipinski definition) is 5. The van der Waals surface area contributed by atoms with Crippen LogP contribution in [0.2, 0.25) is 0 Å². The average molecular weight is 422 g/mol. The predicted molar refractivity (Wildman–Crippen MR) is 113 cm³/mol. The van der Waals surface area contributed by atoms with E-state index in [9.17, 15) is 14.0 Å². The van der Waals surface area contributed by atoms with Crippen LogP contribution in [0.1, 0.15) is 31.0 Å². The van der Waals surface area contributed by atoms with E-state index in [-0.39, 0.29) is 12.2 Å². The normalized spacial score (nSPS) is 16.2. The van der Waals surface area contributed by atoms with Gasteiger partial charge in [-0.25, -0.2) is 14.2 Å². The first kappa shape index (κ1) is 20.0. The van der Waals surface area contributed by atoms with Crippen molar-refractivity contribution in [3.63, 3.8) is 0 Å². The molecule has 1 unspecified atom stereocenters. The molecule has 5 nitrogen and oxygen atoms in total. The molecule has 1 aliphatic heterocycles. The van der Waals surface area contributed by atoms with E-state index in [1.54, 1.807) is 32.0 Å². The maximum Gasteiger partial charge on any atom is 0.338 e. The first-order valence-electron chi connectivity index (χ1n) is 9.50. The summed E-state index contributed by atoms with van der Waals surface area (Å²) in [5.41, 5.74) is 1.59. The van der Waals surface area contributed by atoms with Crippen LogP contribution in [-0.4, -0.2) is 17.1 Å². The van der Waals surface area contributed by atoms with Crippen LogP contribution in [-0.2, 0) is 9.53 Å². The van der Waals surface area contributed by atoms with Crippen LogP contribution in [0, 0.1) is 5.82 Å². The third-order valence-electron chi connectivity index (χ3n) is 4.82. The van der Waals surface area contributed by atoms with Gasteiger partial charge in [-0.2, -0.15) is 0 Å². The van der Waals surface area contributed by atoms with Gasteiger partial charge in [0.05, 0.1) is 28.5 Å². The molecule has 2 aromatic carbocycles. The van der Waals surface area contributed by atoms with E-state index in [4.69, 9.17) is 4.74 Å². The summed E-state index contributed by atoms with van der Waals surface area (Å²) in [6, 6.07) is 14.9. The van der Waals surface area contributed by atoms with Crippen molar-refractivity contribution in [2.75, 3.05) is 6.61 Å². The predicted octanol–water partition coefficient (Wildman–Crippen LogP) is 2.94. The van der Waals surface area contributed by atoms with Crippen molar-refractivity contribution < 1.29 is 13.9 Å². The number of carbonyl (C=O) groups is 1. The SMILES string of the molecule is CCOC(=O)C1=C(C)N=c2s/c(=C\c3ccccc3F)c(=O)n2C1c1ccccc1. The smallest absolute Gasteiger partial charge is 0.338 e. The van der Waals surface area contributed by atoms with Crippen molar-refractivity contribution in [2.24, 2.45) is 4.99 Å². The first-order valence-corrected chi connectivity index (χ1v) is 10.3. The van der Waals surface area contributed by atoms with Gasteiger partial charge in [0.2, 0.25) is 0 Å². The van der Waals surface area contributed by atoms with Crippen LogP contribution >= 0.6 is 11.3 Å². The molecule has 1 aliphatic rings. The molecule has 0 N–H and O–H groups in total. The Morgan fingerprint density at radius 3 is 2.60 bits per heavy atom. The van der Waals surface area contributed by atoms with Crippen LogP contribution in [0.5, 0.6) is 0 Å². The summed E-state index contributed by atoms with van der Waals surface area (Å²) in [6.45, 7) is 3.68. The lowest BCUT2D eigenvalue weighted by molar-refractivity contribution is -0.139. The average Bonchev–Trinajstić information content (AvgIpc) is 3.04. The second-order valence-electron chi connectivity index (χ2n) is 6.73. The highest BCUT2D eigenvalue weighted by atomic mass is 32.1. The summed E-state index contributed by atoms with van der Waals surface area (Å²) in [7, 11) is 0. The van der Waals surface area contributed by atoms with Gasteiger partial charge in [0, 0.05) is 5.56 Å². The number of aromatic nitrogens is 1. The highest BCUT2D eigenvalue weighted by molar-refractivity contribution is 7.07. The second kappa shape index (κ2) is 8.20. The molecule has 152 valence electrons. The van der Waals surface area contributed by atoms with Gasteiger partial charge in [0.15, 0.2) is 4.80 Å². The molecular weight excluding hydrogens is 403 g/mol. The van der Waals surface area contributed by atoms with Crippen LogP contribution in [0.4, 0.5) is 4.39 Å². The van der Waals surface area contributed by atoms with Gasteiger partial charge < -0.3 is 4.74 Å². The summed E-state index contributed by atoms with van der Waals surface area (Å²) in [6.07, 6.45) is 1.52. The lowest BCUT2D eigenvalue weighted by Crippen LogP contribution is -2.39. The van der Waals surface area contributed by atoms with Crippen LogP contribution < -0.4 is 14.9 Å². The number of ether oxygens (including phenoxy) is 1. The quantitative estimate of drug-likeness (QED) is 0.608. The first-order chi connectivity index (χ1) is 14.5. The van der Waals surface area contributed by atoms with Crippen molar-refractivity contribution >= 4 is 23.4 Å². The number of fused-ring (bicyclic) bond motifs is 1. The Kier molecular flexibility index (Phi) is 5.46. The molecule has 3 aromatic rings. The number of allylic oxidation sites excluding steroid dienone is 1. The molecule has 0 fully saturated rings. The largest absolute Gasteiger partial charge is 0.463 e. The molecule has 0 saturated heterocycles. The second-order valence-corrected chi connectivity index (χ2v) is 7.74. The third kappa shape index (κ3) is 3.52. The zero-order valence-corrected chi connectivity index (χ0v) is 17.3. The molecule has 1 aromatic heterocycles. The van der Waals surface area contributed by atoms with Crippen molar-refractivity contribution in [1.29, 1.82) is 0 Å². The zero-order chi connectivity index (χ0) is 21.3. The fourth-order valence-electron chi connectivity index (χ4n) is 3.48. The summed E-state index contributed by atoms with van der Waals surface area (Å²) in [4.78, 5) is 31.0. The van der Waals surface area contributed by atoms with Crippen molar-refractivity contribution in [3.8, 4) is 0 Å². The van der Waals surface area contributed by atoms with Crippen molar-refractivity contribution in [3.05, 3.63) is 102 Å². The molecule has 0 bridgehead atoms. The Balaban J connectivity index is 1.97. The van der Waals surface area contributed by atoms with Gasteiger partial charge in [-0.15, -0.1) is 0 Å². The molecule has 7 heteroatoms. The fraction of sp³-hybridized carbons (Fsp3) is 0.174. The number of benzene rings is 2. The van der Waals surface area contributed by atoms with Crippen LogP contribution in [0.15, 0.2) is 75.7 Å². The molecule has 0 aliphatic carbocycles. The van der Waals surface area contributed by atoms with Gasteiger partial charge in [-0.05, 0) is 31.6 Å². The number of thiazole rings is 1. The zero-order valence-electron chi connectivity index (χ0n) is 16.5. The molecule has 30 heavy (non-hydrogen) atoms. The van der Waals surface area contributed by atoms with Crippen molar-refractivity contribution in [2.45, 2.75) is 19.9 Å². The lowest BCUT2D eigenvalue weighted by Gasteiger charge is -2.24. The van der Waals surface area contributed by atoms with E-state index in [0.29, 0.717) is 26.2 Å². The Bertz CT molecular complexity index is 1320. The third-order valence-corrected chi connectivity index (χ3v) is 5.81. The number of rotatable bonds is 4. The number of carbonyl (C=O) groups excluding carboxylic acids is 1. The highest BCUT2D eigenvalue weighted by Gasteiger charge is 2.33. The minimum atomic E-state index is -0.663. The van der Waals surface area contributed by atoms with Gasteiger partial charge in [0.25, 0.3) is 5.56 Å². The van der Waals surface area contributed by atoms with Crippen LogP contribution in [0.3, 0.4) is 0 Å². The Morgan fingerprint density at radius 1 is 1.20 bits per heavy atom. The molecule has 0 saturated carbocycles. The monoisotopic (exact) mass is 422 g/mol. The van der Waals surface area contributed by atoms with E-state index in [2.05, 4.69) is 4.99 Å². The van der Waals surface area contributed by atoms with E-state index >= 15 is 0 Å². The maximum absolute atomic E-state index is 14.1. The highest BCUT2D eigenvalue weighted by Crippen LogP contribution is 2.30. The minimum Gasteiger partial charge on any atom is -0.463 e. The Labute approximate surface area is 176 Å². The maximum atomic E-state index is 14.1. The Morgan fingerprint density at radius 2 is 1.90 bits per heavy atom. The van der Waals surface area contributed by atoms with E-state index in [0.717, 1.165) is 5.56 Å². The number of esters is 1. The molecule has 0 spiro atoms. The molecule has 0 radical (unpaired) electrons. The van der Waals surface area contributed by atoms with Gasteiger partial charge in [-0.3, -0.25) is 9.36 Å². The summed E-state index contributed by atoms with van der Waals surface area (Å²) in [5.74, 6) is -0.915. The molecular formula is C23H19FN2O3S. The number of halogens is 1. The molecule has 1 atom stereocenters. The van der Waals surface area contributed by atoms with Gasteiger partial charge in [0.1, 0.15) is 5.82 Å². The van der Waals surface area contributed by atoms with E-state index < -0.39 is 17.8 Å². The van der Waals surface area contributed by atoms with Gasteiger partial charge in [-0.1, -0.05) is 59.9 Å². The molecule has 0 amide bonds. The fourth-order valence-corrected chi connectivity index (χ4v) is 4.51. The van der Waals surface area contributed by atoms with E-state index in [1.807, 2.05) is 30.3 Å². The summed E-state index contributed by atoms with van der Waals surface area (Å²) in [5, 5.41) is 0. The molecule has 4 rings (SSSR count). The van der Waals surface area contributed by atoms with Gasteiger partial charge >= 0.3 is 5.97 Å². The number of hydrogen-bond donors (Lipinski definition) is 0. The van der Waals surface area contributed by atoms with Crippen LogP contribution in [0.25, 0.3) is 6.08 Å². The lowest BCUT2D eigenvalue weighted by atomic mass is 9.96. The molecule has 2 heterocycles. The topological polar surface area (TPSA) is 60.7 Å². The number of nitrogens with zero attached hydrogens (tertiary/aromatic N) is 2. The Hall–Kier alpha value is -3.32. The summed E-state index contributed by atoms with van der Waals surface area (Å²) >= 11 is 1.17. The minimum absolute atomic E-state index is 0.217. The summed E-state index contributed by atoms with van der Waals surface area (Å²) < 4.78 is 21.2.